The fraction of sp³-hybridized carbons (Fsp3) is 0.727. The maximum Gasteiger partial charge on any atom is 0.160 e. The molecule has 0 aromatic heterocycles. The quantitative estimate of drug-likeness (QED) is 0.591. The van der Waals surface area contributed by atoms with Gasteiger partial charge in [0.05, 0.1) is 0 Å². The van der Waals surface area contributed by atoms with Crippen molar-refractivity contribution in [3.8, 4) is 0 Å². The monoisotopic (exact) mass is 168 g/mol. The predicted molar refractivity (Wildman–Crippen MR) is 53.1 cm³/mol. The summed E-state index contributed by atoms with van der Waals surface area (Å²) in [4.78, 5) is 11.4. The maximum atomic E-state index is 11.4. The van der Waals surface area contributed by atoms with Gasteiger partial charge in [0, 0.05) is 5.41 Å². The summed E-state index contributed by atoms with van der Waals surface area (Å²) in [5.74, 6) is 0.721. The van der Waals surface area contributed by atoms with Crippen molar-refractivity contribution in [1.29, 1.82) is 0 Å². The van der Waals surface area contributed by atoms with E-state index in [1.165, 1.54) is 0 Å². The van der Waals surface area contributed by atoms with Crippen LogP contribution in [0.2, 0.25) is 0 Å². The minimum absolute atomic E-state index is 0.211. The Hall–Kier alpha value is -0.590. The number of hydrogen-bond acceptors (Lipinski definition) is 1. The summed E-state index contributed by atoms with van der Waals surface area (Å²) >= 11 is 0. The molecule has 1 nitrogen and oxygen atoms in total. The van der Waals surface area contributed by atoms with Crippen molar-refractivity contribution in [3.63, 3.8) is 0 Å². The zero-order valence-electron chi connectivity index (χ0n) is 8.85. The van der Waals surface area contributed by atoms with E-state index in [1.807, 2.05) is 26.8 Å². The fourth-order valence-electron chi connectivity index (χ4n) is 0.638. The van der Waals surface area contributed by atoms with Gasteiger partial charge in [-0.2, -0.15) is 0 Å². The van der Waals surface area contributed by atoms with Gasteiger partial charge in [0.25, 0.3) is 0 Å². The predicted octanol–water partition coefficient (Wildman–Crippen LogP) is 3.20. The van der Waals surface area contributed by atoms with E-state index < -0.39 is 0 Å². The van der Waals surface area contributed by atoms with Crippen LogP contribution in [-0.2, 0) is 4.79 Å². The summed E-state index contributed by atoms with van der Waals surface area (Å²) in [6.45, 7) is 10.1. The van der Waals surface area contributed by atoms with Gasteiger partial charge in [0.15, 0.2) is 5.78 Å². The van der Waals surface area contributed by atoms with Crippen LogP contribution in [0.25, 0.3) is 0 Å². The van der Waals surface area contributed by atoms with Gasteiger partial charge in [0.1, 0.15) is 0 Å². The first-order valence-corrected chi connectivity index (χ1v) is 4.60. The Morgan fingerprint density at radius 2 is 1.92 bits per heavy atom. The first-order valence-electron chi connectivity index (χ1n) is 4.60. The van der Waals surface area contributed by atoms with Crippen molar-refractivity contribution in [3.05, 3.63) is 12.2 Å². The molecule has 0 bridgehead atoms. The van der Waals surface area contributed by atoms with Gasteiger partial charge >= 0.3 is 0 Å². The van der Waals surface area contributed by atoms with Gasteiger partial charge in [-0.15, -0.1) is 0 Å². The molecule has 0 heterocycles. The molecule has 0 radical (unpaired) electrons. The van der Waals surface area contributed by atoms with Crippen molar-refractivity contribution in [1.82, 2.24) is 0 Å². The normalized spacial score (nSPS) is 15.1. The van der Waals surface area contributed by atoms with E-state index in [0.717, 1.165) is 6.42 Å². The number of rotatable bonds is 3. The summed E-state index contributed by atoms with van der Waals surface area (Å²) in [7, 11) is 0. The molecule has 12 heavy (non-hydrogen) atoms. The second kappa shape index (κ2) is 4.44. The second-order valence-corrected chi connectivity index (χ2v) is 4.36. The van der Waals surface area contributed by atoms with Crippen LogP contribution in [0.15, 0.2) is 12.2 Å². The Morgan fingerprint density at radius 1 is 1.42 bits per heavy atom. The van der Waals surface area contributed by atoms with Crippen LogP contribution < -0.4 is 0 Å². The Morgan fingerprint density at radius 3 is 2.25 bits per heavy atom. The summed E-state index contributed by atoms with van der Waals surface area (Å²) in [6.07, 6.45) is 4.80. The largest absolute Gasteiger partial charge is 0.294 e. The van der Waals surface area contributed by atoms with E-state index in [9.17, 15) is 4.79 Å². The highest BCUT2D eigenvalue weighted by molar-refractivity contribution is 5.93. The molecule has 0 rings (SSSR count). The first-order chi connectivity index (χ1) is 5.38. The van der Waals surface area contributed by atoms with Crippen molar-refractivity contribution in [2.24, 2.45) is 11.3 Å². The van der Waals surface area contributed by atoms with Crippen LogP contribution in [-0.4, -0.2) is 5.78 Å². The number of hydrogen-bond donors (Lipinski definition) is 0. The molecule has 0 aliphatic heterocycles. The van der Waals surface area contributed by atoms with E-state index >= 15 is 0 Å². The molecular weight excluding hydrogens is 148 g/mol. The molecule has 0 spiro atoms. The molecule has 0 aliphatic carbocycles. The SMILES string of the molecule is CC[C@@H](C)/C=C/C(=O)C(C)(C)C. The van der Waals surface area contributed by atoms with Crippen molar-refractivity contribution < 1.29 is 4.79 Å². The molecule has 0 saturated heterocycles. The highest BCUT2D eigenvalue weighted by Crippen LogP contribution is 2.15. The van der Waals surface area contributed by atoms with Crippen molar-refractivity contribution in [2.45, 2.75) is 41.0 Å². The van der Waals surface area contributed by atoms with E-state index in [1.54, 1.807) is 6.08 Å². The van der Waals surface area contributed by atoms with E-state index in [2.05, 4.69) is 13.8 Å². The lowest BCUT2D eigenvalue weighted by atomic mass is 9.90. The molecule has 70 valence electrons. The van der Waals surface area contributed by atoms with Crippen molar-refractivity contribution in [2.75, 3.05) is 0 Å². The number of carbonyl (C=O) groups excluding carboxylic acids is 1. The molecule has 0 saturated carbocycles. The van der Waals surface area contributed by atoms with E-state index in [0.29, 0.717) is 5.92 Å². The lowest BCUT2D eigenvalue weighted by Crippen LogP contribution is -2.17. The zero-order valence-corrected chi connectivity index (χ0v) is 8.85. The van der Waals surface area contributed by atoms with Crippen LogP contribution in [0.3, 0.4) is 0 Å². The highest BCUT2D eigenvalue weighted by Gasteiger charge is 2.17. The smallest absolute Gasteiger partial charge is 0.160 e. The van der Waals surface area contributed by atoms with Crippen LogP contribution in [0.4, 0.5) is 0 Å². The van der Waals surface area contributed by atoms with Crippen LogP contribution in [0.1, 0.15) is 41.0 Å². The topological polar surface area (TPSA) is 17.1 Å². The standard InChI is InChI=1S/C11H20O/c1-6-9(2)7-8-10(12)11(3,4)5/h7-9H,6H2,1-5H3/b8-7+/t9-/m1/s1. The molecule has 0 aromatic rings. The third-order valence-electron chi connectivity index (χ3n) is 1.96. The van der Waals surface area contributed by atoms with Gasteiger partial charge in [-0.1, -0.05) is 47.1 Å². The molecule has 0 fully saturated rings. The minimum atomic E-state index is -0.232. The van der Waals surface area contributed by atoms with Gasteiger partial charge in [0.2, 0.25) is 0 Å². The van der Waals surface area contributed by atoms with Gasteiger partial charge in [-0.05, 0) is 12.0 Å². The third kappa shape index (κ3) is 4.32. The number of ketones is 1. The Balaban J connectivity index is 4.10. The van der Waals surface area contributed by atoms with Gasteiger partial charge < -0.3 is 0 Å². The van der Waals surface area contributed by atoms with Crippen molar-refractivity contribution >= 4 is 5.78 Å². The molecule has 0 amide bonds. The number of carbonyl (C=O) groups is 1. The number of allylic oxidation sites excluding steroid dienone is 2. The average molecular weight is 168 g/mol. The van der Waals surface area contributed by atoms with Gasteiger partial charge in [-0.3, -0.25) is 4.79 Å². The van der Waals surface area contributed by atoms with E-state index in [-0.39, 0.29) is 11.2 Å². The summed E-state index contributed by atoms with van der Waals surface area (Å²) in [5.41, 5.74) is -0.232. The summed E-state index contributed by atoms with van der Waals surface area (Å²) in [5, 5.41) is 0. The third-order valence-corrected chi connectivity index (χ3v) is 1.96. The molecule has 0 aromatic carbocycles. The van der Waals surface area contributed by atoms with Crippen LogP contribution in [0, 0.1) is 11.3 Å². The molecular formula is C11H20O. The zero-order chi connectivity index (χ0) is 9.78. The molecule has 0 aliphatic rings. The van der Waals surface area contributed by atoms with E-state index in [4.69, 9.17) is 0 Å². The maximum absolute atomic E-state index is 11.4. The first kappa shape index (κ1) is 11.4. The molecule has 1 atom stereocenters. The lowest BCUT2D eigenvalue weighted by molar-refractivity contribution is -0.121. The Bertz CT molecular complexity index is 172. The summed E-state index contributed by atoms with van der Waals surface area (Å²) in [6, 6.07) is 0. The fourth-order valence-corrected chi connectivity index (χ4v) is 0.638. The Kier molecular flexibility index (Phi) is 4.22. The second-order valence-electron chi connectivity index (χ2n) is 4.36. The van der Waals surface area contributed by atoms with Gasteiger partial charge in [-0.25, -0.2) is 0 Å². The molecule has 0 N–H and O–H groups in total. The lowest BCUT2D eigenvalue weighted by Gasteiger charge is -2.13. The van der Waals surface area contributed by atoms with Crippen LogP contribution >= 0.6 is 0 Å². The minimum Gasteiger partial charge on any atom is -0.294 e. The highest BCUT2D eigenvalue weighted by atomic mass is 16.1. The Labute approximate surface area is 75.9 Å². The van der Waals surface area contributed by atoms with Crippen LogP contribution in [0.5, 0.6) is 0 Å². The molecule has 0 unspecified atom stereocenters. The average Bonchev–Trinajstić information content (AvgIpc) is 1.97. The molecule has 1 heteroatoms. The summed E-state index contributed by atoms with van der Waals surface area (Å²) < 4.78 is 0.